The maximum Gasteiger partial charge on any atom is 0.257 e. The second-order valence-electron chi connectivity index (χ2n) is 5.47. The Labute approximate surface area is 140 Å². The Morgan fingerprint density at radius 2 is 1.67 bits per heavy atom. The Kier molecular flexibility index (Phi) is 3.49. The minimum atomic E-state index is -0.104. The number of nitrogens with one attached hydrogen (secondary N) is 1. The molecule has 114 valence electrons. The van der Waals surface area contributed by atoms with Crippen LogP contribution in [-0.4, -0.2) is 10.5 Å². The van der Waals surface area contributed by atoms with Gasteiger partial charge in [0.2, 0.25) is 0 Å². The maximum absolute atomic E-state index is 12.3. The summed E-state index contributed by atoms with van der Waals surface area (Å²) < 4.78 is 1.87. The zero-order valence-corrected chi connectivity index (χ0v) is 12.9. The molecule has 1 aromatic heterocycles. The highest BCUT2D eigenvalue weighted by molar-refractivity contribution is 6.34. The van der Waals surface area contributed by atoms with E-state index in [-0.39, 0.29) is 5.91 Å². The molecular weight excluding hydrogens is 296 g/mol. The van der Waals surface area contributed by atoms with Crippen molar-refractivity contribution in [2.75, 3.05) is 5.32 Å². The Morgan fingerprint density at radius 1 is 0.875 bits per heavy atom. The van der Waals surface area contributed by atoms with E-state index in [1.807, 2.05) is 83.8 Å². The molecule has 2 heterocycles. The monoisotopic (exact) mass is 310 g/mol. The van der Waals surface area contributed by atoms with Gasteiger partial charge < -0.3 is 9.88 Å². The predicted octanol–water partition coefficient (Wildman–Crippen LogP) is 3.84. The Hall–Kier alpha value is -3.51. The van der Waals surface area contributed by atoms with Crippen molar-refractivity contribution >= 4 is 23.4 Å². The van der Waals surface area contributed by atoms with Crippen LogP contribution in [0.5, 0.6) is 0 Å². The van der Waals surface area contributed by atoms with E-state index >= 15 is 0 Å². The van der Waals surface area contributed by atoms with E-state index in [4.69, 9.17) is 0 Å². The van der Waals surface area contributed by atoms with E-state index in [9.17, 15) is 4.79 Å². The van der Waals surface area contributed by atoms with Crippen LogP contribution in [0, 0.1) is 11.8 Å². The summed E-state index contributed by atoms with van der Waals surface area (Å²) >= 11 is 0. The summed E-state index contributed by atoms with van der Waals surface area (Å²) in [6, 6.07) is 19.4. The molecule has 0 bridgehead atoms. The van der Waals surface area contributed by atoms with Gasteiger partial charge >= 0.3 is 0 Å². The third-order valence-corrected chi connectivity index (χ3v) is 3.85. The average Bonchev–Trinajstić information content (AvgIpc) is 3.23. The van der Waals surface area contributed by atoms with Gasteiger partial charge in [0, 0.05) is 35.3 Å². The van der Waals surface area contributed by atoms with Crippen LogP contribution >= 0.6 is 0 Å². The highest BCUT2D eigenvalue weighted by Gasteiger charge is 2.26. The van der Waals surface area contributed by atoms with Crippen LogP contribution in [0.1, 0.15) is 16.7 Å². The lowest BCUT2D eigenvalue weighted by Gasteiger charge is -2.02. The van der Waals surface area contributed by atoms with Gasteiger partial charge in [-0.2, -0.15) is 0 Å². The van der Waals surface area contributed by atoms with Crippen LogP contribution in [0.3, 0.4) is 0 Å². The van der Waals surface area contributed by atoms with Gasteiger partial charge in [0.1, 0.15) is 0 Å². The Balaban J connectivity index is 1.81. The number of aromatic nitrogens is 1. The lowest BCUT2D eigenvalue weighted by Crippen LogP contribution is -2.04. The molecule has 1 aliphatic rings. The van der Waals surface area contributed by atoms with Crippen LogP contribution in [-0.2, 0) is 4.79 Å². The summed E-state index contributed by atoms with van der Waals surface area (Å²) in [6.45, 7) is 0. The van der Waals surface area contributed by atoms with Gasteiger partial charge in [-0.25, -0.2) is 0 Å². The summed E-state index contributed by atoms with van der Waals surface area (Å²) in [5, 5.41) is 2.91. The fraction of sp³-hybridized carbons (Fsp3) is 0. The van der Waals surface area contributed by atoms with Crippen molar-refractivity contribution in [1.82, 2.24) is 4.57 Å². The molecule has 0 fully saturated rings. The topological polar surface area (TPSA) is 34.0 Å². The number of hydrogen-bond acceptors (Lipinski definition) is 1. The molecule has 4 rings (SSSR count). The average molecular weight is 310 g/mol. The molecule has 3 aromatic rings. The zero-order chi connectivity index (χ0) is 16.4. The first-order valence-electron chi connectivity index (χ1n) is 7.67. The number of rotatable bonds is 1. The molecule has 0 saturated heterocycles. The van der Waals surface area contributed by atoms with Crippen LogP contribution in [0.4, 0.5) is 5.69 Å². The van der Waals surface area contributed by atoms with Crippen LogP contribution in [0.2, 0.25) is 0 Å². The standard InChI is InChI=1S/C21H14N2O/c24-21-18(15-23-13-4-5-14-23)20-17(9-6-10-19(20)22-21)12-11-16-7-2-1-3-8-16/h1-10,13-15H,(H,22,24). The van der Waals surface area contributed by atoms with Crippen molar-refractivity contribution in [2.45, 2.75) is 0 Å². The number of amides is 1. The van der Waals surface area contributed by atoms with Crippen molar-refractivity contribution in [3.8, 4) is 11.8 Å². The second kappa shape index (κ2) is 5.94. The minimum Gasteiger partial charge on any atom is -0.330 e. The highest BCUT2D eigenvalue weighted by atomic mass is 16.2. The quantitative estimate of drug-likeness (QED) is 0.538. The molecule has 0 spiro atoms. The number of benzene rings is 2. The number of hydrogen-bond donors (Lipinski definition) is 1. The summed E-state index contributed by atoms with van der Waals surface area (Å²) in [4.78, 5) is 12.3. The molecular formula is C21H14N2O. The SMILES string of the molecule is O=C1Nc2cccc(C#Cc3ccccc3)c2C1=Cn1cccc1. The van der Waals surface area contributed by atoms with Gasteiger partial charge in [-0.3, -0.25) is 4.79 Å². The van der Waals surface area contributed by atoms with Crippen LogP contribution < -0.4 is 5.32 Å². The molecule has 3 nitrogen and oxygen atoms in total. The van der Waals surface area contributed by atoms with E-state index in [1.54, 1.807) is 0 Å². The second-order valence-corrected chi connectivity index (χ2v) is 5.47. The van der Waals surface area contributed by atoms with E-state index in [2.05, 4.69) is 17.2 Å². The van der Waals surface area contributed by atoms with Gasteiger partial charge in [0.15, 0.2) is 0 Å². The first-order chi connectivity index (χ1) is 11.8. The van der Waals surface area contributed by atoms with Gasteiger partial charge in [0.05, 0.1) is 11.3 Å². The van der Waals surface area contributed by atoms with Crippen molar-refractivity contribution in [2.24, 2.45) is 0 Å². The normalized spacial score (nSPS) is 14.0. The van der Waals surface area contributed by atoms with E-state index in [1.165, 1.54) is 0 Å². The Morgan fingerprint density at radius 3 is 2.46 bits per heavy atom. The van der Waals surface area contributed by atoms with Gasteiger partial charge in [-0.15, -0.1) is 0 Å². The molecule has 2 aromatic carbocycles. The molecule has 0 radical (unpaired) electrons. The third-order valence-electron chi connectivity index (χ3n) is 3.85. The number of nitrogens with zero attached hydrogens (tertiary/aromatic N) is 1. The number of carbonyl (C=O) groups excluding carboxylic acids is 1. The molecule has 0 unspecified atom stereocenters. The fourth-order valence-corrected chi connectivity index (χ4v) is 2.72. The van der Waals surface area contributed by atoms with Gasteiger partial charge in [-0.1, -0.05) is 36.1 Å². The summed E-state index contributed by atoms with van der Waals surface area (Å²) in [5.74, 6) is 6.26. The lowest BCUT2D eigenvalue weighted by atomic mass is 10.0. The maximum atomic E-state index is 12.3. The summed E-state index contributed by atoms with van der Waals surface area (Å²) in [5.41, 5.74) is 4.08. The summed E-state index contributed by atoms with van der Waals surface area (Å²) in [6.07, 6.45) is 5.63. The smallest absolute Gasteiger partial charge is 0.257 e. The number of fused-ring (bicyclic) bond motifs is 1. The molecule has 24 heavy (non-hydrogen) atoms. The molecule has 3 heteroatoms. The van der Waals surface area contributed by atoms with Gasteiger partial charge in [-0.05, 0) is 36.4 Å². The van der Waals surface area contributed by atoms with Gasteiger partial charge in [0.25, 0.3) is 5.91 Å². The molecule has 0 atom stereocenters. The highest BCUT2D eigenvalue weighted by Crippen LogP contribution is 2.34. The molecule has 0 saturated carbocycles. The predicted molar refractivity (Wildman–Crippen MR) is 96.1 cm³/mol. The molecule has 1 N–H and O–H groups in total. The van der Waals surface area contributed by atoms with Crippen LogP contribution in [0.15, 0.2) is 73.1 Å². The van der Waals surface area contributed by atoms with Crippen molar-refractivity contribution in [3.63, 3.8) is 0 Å². The first-order valence-corrected chi connectivity index (χ1v) is 7.67. The Bertz CT molecular complexity index is 987. The van der Waals surface area contributed by atoms with Crippen molar-refractivity contribution < 1.29 is 4.79 Å². The number of carbonyl (C=O) groups is 1. The minimum absolute atomic E-state index is 0.104. The fourth-order valence-electron chi connectivity index (χ4n) is 2.72. The van der Waals surface area contributed by atoms with Crippen molar-refractivity contribution in [1.29, 1.82) is 0 Å². The third kappa shape index (κ3) is 2.62. The van der Waals surface area contributed by atoms with E-state index < -0.39 is 0 Å². The molecule has 1 amide bonds. The lowest BCUT2D eigenvalue weighted by molar-refractivity contribution is -0.110. The van der Waals surface area contributed by atoms with E-state index in [0.29, 0.717) is 5.57 Å². The summed E-state index contributed by atoms with van der Waals surface area (Å²) in [7, 11) is 0. The first kappa shape index (κ1) is 14.1. The zero-order valence-electron chi connectivity index (χ0n) is 12.9. The van der Waals surface area contributed by atoms with E-state index in [0.717, 1.165) is 22.4 Å². The van der Waals surface area contributed by atoms with Crippen molar-refractivity contribution in [3.05, 3.63) is 89.7 Å². The largest absolute Gasteiger partial charge is 0.330 e. The van der Waals surface area contributed by atoms with Crippen LogP contribution in [0.25, 0.3) is 11.8 Å². The number of anilines is 1. The molecule has 1 aliphatic heterocycles. The molecule has 0 aliphatic carbocycles.